The summed E-state index contributed by atoms with van der Waals surface area (Å²) in [5.74, 6) is 1.75. The molecule has 0 heterocycles. The lowest BCUT2D eigenvalue weighted by molar-refractivity contribution is 0.476. The van der Waals surface area contributed by atoms with E-state index < -0.39 is 0 Å². The van der Waals surface area contributed by atoms with Crippen LogP contribution < -0.4 is 4.74 Å². The minimum atomic E-state index is 0.736. The summed E-state index contributed by atoms with van der Waals surface area (Å²) >= 11 is 0. The highest BCUT2D eigenvalue weighted by Crippen LogP contribution is 2.42. The van der Waals surface area contributed by atoms with Crippen LogP contribution in [0.5, 0.6) is 11.5 Å². The van der Waals surface area contributed by atoms with Crippen LogP contribution in [0.3, 0.4) is 0 Å². The van der Waals surface area contributed by atoms with E-state index in [2.05, 4.69) is 98.1 Å². The largest absolute Gasteiger partial charge is 0.455 e. The average molecular weight is 403 g/mol. The third kappa shape index (κ3) is 4.51. The monoisotopic (exact) mass is 402 g/mol. The Morgan fingerprint density at radius 1 is 0.516 bits per heavy atom. The van der Waals surface area contributed by atoms with E-state index in [0.29, 0.717) is 0 Å². The molecular weight excluding hydrogens is 376 g/mol. The average Bonchev–Trinajstić information content (AvgIpc) is 2.82. The van der Waals surface area contributed by atoms with Crippen LogP contribution in [0.25, 0.3) is 22.3 Å². The lowest BCUT2D eigenvalue weighted by Gasteiger charge is -2.20. The molecular formula is C30H26O. The minimum absolute atomic E-state index is 0.736. The zero-order chi connectivity index (χ0) is 21.5. The summed E-state index contributed by atoms with van der Waals surface area (Å²) in [5.41, 5.74) is 6.64. The molecule has 31 heavy (non-hydrogen) atoms. The molecule has 1 heteroatoms. The molecule has 0 aliphatic carbocycles. The van der Waals surface area contributed by atoms with Gasteiger partial charge in [0.2, 0.25) is 0 Å². The lowest BCUT2D eigenvalue weighted by Crippen LogP contribution is -1.99. The van der Waals surface area contributed by atoms with Gasteiger partial charge in [0.15, 0.2) is 0 Å². The standard InChI is InChI=1S/C30H26O/c1-3-13-25-19-11-21-27(23-15-7-5-8-16-23)29(25)31-30-26(14-4-2)20-12-22-28(30)24-17-9-6-10-18-24/h3-12,15-22H,1-2,13-14H2. The van der Waals surface area contributed by atoms with E-state index in [4.69, 9.17) is 4.74 Å². The van der Waals surface area contributed by atoms with E-state index in [9.17, 15) is 0 Å². The van der Waals surface area contributed by atoms with E-state index in [0.717, 1.165) is 57.7 Å². The van der Waals surface area contributed by atoms with Crippen molar-refractivity contribution in [2.45, 2.75) is 12.8 Å². The summed E-state index contributed by atoms with van der Waals surface area (Å²) in [6.45, 7) is 7.90. The van der Waals surface area contributed by atoms with Crippen molar-refractivity contribution in [1.82, 2.24) is 0 Å². The molecule has 4 rings (SSSR count). The summed E-state index contributed by atoms with van der Waals surface area (Å²) in [6.07, 6.45) is 5.32. The fourth-order valence-corrected chi connectivity index (χ4v) is 3.84. The molecule has 0 aliphatic rings. The Balaban J connectivity index is 1.91. The number of rotatable bonds is 8. The second-order valence-electron chi connectivity index (χ2n) is 7.41. The first-order chi connectivity index (χ1) is 15.3. The number of ether oxygens (including phenoxy) is 1. The molecule has 4 aromatic rings. The van der Waals surface area contributed by atoms with Gasteiger partial charge in [0.05, 0.1) is 0 Å². The number of hydrogen-bond acceptors (Lipinski definition) is 1. The van der Waals surface area contributed by atoms with Crippen LogP contribution in [0.15, 0.2) is 122 Å². The highest BCUT2D eigenvalue weighted by molar-refractivity contribution is 5.76. The van der Waals surface area contributed by atoms with Gasteiger partial charge >= 0.3 is 0 Å². The predicted octanol–water partition coefficient (Wildman–Crippen LogP) is 8.27. The van der Waals surface area contributed by atoms with E-state index in [1.165, 1.54) is 0 Å². The van der Waals surface area contributed by atoms with Gasteiger partial charge in [-0.1, -0.05) is 109 Å². The second kappa shape index (κ2) is 9.77. The molecule has 0 aliphatic heterocycles. The van der Waals surface area contributed by atoms with Crippen LogP contribution in [0, 0.1) is 0 Å². The van der Waals surface area contributed by atoms with Gasteiger partial charge in [-0.15, -0.1) is 13.2 Å². The van der Waals surface area contributed by atoms with E-state index in [-0.39, 0.29) is 0 Å². The van der Waals surface area contributed by atoms with Gasteiger partial charge in [0.1, 0.15) is 11.5 Å². The highest BCUT2D eigenvalue weighted by Gasteiger charge is 2.17. The van der Waals surface area contributed by atoms with Gasteiger partial charge in [0, 0.05) is 11.1 Å². The summed E-state index contributed by atoms with van der Waals surface area (Å²) in [4.78, 5) is 0. The third-order valence-electron chi connectivity index (χ3n) is 5.30. The van der Waals surface area contributed by atoms with Crippen molar-refractivity contribution in [2.24, 2.45) is 0 Å². The predicted molar refractivity (Wildman–Crippen MR) is 132 cm³/mol. The van der Waals surface area contributed by atoms with Crippen molar-refractivity contribution < 1.29 is 4.74 Å². The fraction of sp³-hybridized carbons (Fsp3) is 0.0667. The van der Waals surface area contributed by atoms with Crippen molar-refractivity contribution in [1.29, 1.82) is 0 Å². The van der Waals surface area contributed by atoms with Gasteiger partial charge in [-0.3, -0.25) is 0 Å². The topological polar surface area (TPSA) is 9.23 Å². The van der Waals surface area contributed by atoms with Gasteiger partial charge in [0.25, 0.3) is 0 Å². The van der Waals surface area contributed by atoms with Crippen molar-refractivity contribution in [3.05, 3.63) is 133 Å². The van der Waals surface area contributed by atoms with Gasteiger partial charge in [-0.2, -0.15) is 0 Å². The van der Waals surface area contributed by atoms with Gasteiger partial charge < -0.3 is 4.74 Å². The fourth-order valence-electron chi connectivity index (χ4n) is 3.84. The van der Waals surface area contributed by atoms with E-state index in [1.807, 2.05) is 24.3 Å². The molecule has 0 fully saturated rings. The Morgan fingerprint density at radius 3 is 1.32 bits per heavy atom. The summed E-state index contributed by atoms with van der Waals surface area (Å²) in [6, 6.07) is 33.4. The molecule has 0 radical (unpaired) electrons. The Labute approximate surface area is 185 Å². The Kier molecular flexibility index (Phi) is 6.44. The third-order valence-corrected chi connectivity index (χ3v) is 5.30. The normalized spacial score (nSPS) is 10.5. The van der Waals surface area contributed by atoms with Crippen molar-refractivity contribution in [3.63, 3.8) is 0 Å². The molecule has 4 aromatic carbocycles. The van der Waals surface area contributed by atoms with Crippen molar-refractivity contribution in [2.75, 3.05) is 0 Å². The molecule has 152 valence electrons. The van der Waals surface area contributed by atoms with Crippen LogP contribution >= 0.6 is 0 Å². The zero-order valence-corrected chi connectivity index (χ0v) is 17.6. The first-order valence-corrected chi connectivity index (χ1v) is 10.6. The van der Waals surface area contributed by atoms with Gasteiger partial charge in [-0.05, 0) is 35.1 Å². The number of benzene rings is 4. The van der Waals surface area contributed by atoms with Crippen LogP contribution in [0.4, 0.5) is 0 Å². The number of hydrogen-bond donors (Lipinski definition) is 0. The highest BCUT2D eigenvalue weighted by atomic mass is 16.5. The molecule has 0 aromatic heterocycles. The SMILES string of the molecule is C=CCc1cccc(-c2ccccc2)c1Oc1c(CC=C)cccc1-c1ccccc1. The Morgan fingerprint density at radius 2 is 0.935 bits per heavy atom. The number of para-hydroxylation sites is 2. The maximum atomic E-state index is 6.82. The zero-order valence-electron chi connectivity index (χ0n) is 17.6. The summed E-state index contributed by atoms with van der Waals surface area (Å²) < 4.78 is 6.82. The van der Waals surface area contributed by atoms with Crippen molar-refractivity contribution in [3.8, 4) is 33.8 Å². The molecule has 1 nitrogen and oxygen atoms in total. The maximum Gasteiger partial charge on any atom is 0.138 e. The maximum absolute atomic E-state index is 6.82. The number of allylic oxidation sites excluding steroid dienone is 2. The molecule has 0 atom stereocenters. The lowest BCUT2D eigenvalue weighted by atomic mass is 9.98. The van der Waals surface area contributed by atoms with Crippen LogP contribution in [-0.2, 0) is 12.8 Å². The molecule has 0 unspecified atom stereocenters. The molecule has 0 bridgehead atoms. The molecule has 0 saturated carbocycles. The minimum Gasteiger partial charge on any atom is -0.455 e. The van der Waals surface area contributed by atoms with Crippen LogP contribution in [0.1, 0.15) is 11.1 Å². The quantitative estimate of drug-likeness (QED) is 0.269. The second-order valence-corrected chi connectivity index (χ2v) is 7.41. The smallest absolute Gasteiger partial charge is 0.138 e. The first kappa shape index (κ1) is 20.4. The van der Waals surface area contributed by atoms with Crippen molar-refractivity contribution >= 4 is 0 Å². The summed E-state index contributed by atoms with van der Waals surface area (Å²) in [5, 5.41) is 0. The van der Waals surface area contributed by atoms with Crippen LogP contribution in [-0.4, -0.2) is 0 Å². The molecule has 0 N–H and O–H groups in total. The Bertz CT molecular complexity index is 1080. The Hall–Kier alpha value is -3.84. The van der Waals surface area contributed by atoms with Gasteiger partial charge in [-0.25, -0.2) is 0 Å². The molecule has 0 amide bonds. The first-order valence-electron chi connectivity index (χ1n) is 10.6. The summed E-state index contributed by atoms with van der Waals surface area (Å²) in [7, 11) is 0. The van der Waals surface area contributed by atoms with E-state index >= 15 is 0 Å². The van der Waals surface area contributed by atoms with Crippen LogP contribution in [0.2, 0.25) is 0 Å². The molecule has 0 saturated heterocycles. The van der Waals surface area contributed by atoms with E-state index in [1.54, 1.807) is 0 Å². The molecule has 0 spiro atoms.